The van der Waals surface area contributed by atoms with Gasteiger partial charge in [0.25, 0.3) is 0 Å². The summed E-state index contributed by atoms with van der Waals surface area (Å²) in [4.78, 5) is 12.1. The van der Waals surface area contributed by atoms with Crippen LogP contribution in [0.3, 0.4) is 0 Å². The molecule has 3 unspecified atom stereocenters. The largest absolute Gasteiger partial charge is 0.378 e. The number of rotatable bonds is 4. The summed E-state index contributed by atoms with van der Waals surface area (Å²) in [6.45, 7) is 3.11. The van der Waals surface area contributed by atoms with E-state index in [0.29, 0.717) is 18.1 Å². The standard InChI is InChI=1S/C14H24O2/c1-2-11-5-3-6-12(9-11)14(15)10-13-7-4-8-16-13/h11-13H,2-10H2,1H3. The number of carbonyl (C=O) groups excluding carboxylic acids is 1. The molecule has 1 heterocycles. The summed E-state index contributed by atoms with van der Waals surface area (Å²) in [5.41, 5.74) is 0. The third kappa shape index (κ3) is 3.07. The topological polar surface area (TPSA) is 26.3 Å². The van der Waals surface area contributed by atoms with Crippen molar-refractivity contribution in [3.63, 3.8) is 0 Å². The van der Waals surface area contributed by atoms with Gasteiger partial charge in [-0.3, -0.25) is 4.79 Å². The fourth-order valence-corrected chi connectivity index (χ4v) is 3.15. The van der Waals surface area contributed by atoms with E-state index in [0.717, 1.165) is 38.2 Å². The summed E-state index contributed by atoms with van der Waals surface area (Å²) < 4.78 is 5.55. The first kappa shape index (κ1) is 12.1. The number of Topliss-reactive ketones (excluding diaryl/α,β-unsaturated/α-hetero) is 1. The average Bonchev–Trinajstić information content (AvgIpc) is 2.82. The lowest BCUT2D eigenvalue weighted by Crippen LogP contribution is -2.25. The molecule has 2 rings (SSSR count). The number of ketones is 1. The molecular formula is C14H24O2. The van der Waals surface area contributed by atoms with Crippen LogP contribution in [-0.2, 0) is 9.53 Å². The second-order valence-electron chi connectivity index (χ2n) is 5.44. The van der Waals surface area contributed by atoms with Gasteiger partial charge in [0, 0.05) is 18.9 Å². The van der Waals surface area contributed by atoms with Crippen LogP contribution in [0.5, 0.6) is 0 Å². The first-order valence-corrected chi connectivity index (χ1v) is 6.94. The molecular weight excluding hydrogens is 200 g/mol. The number of hydrogen-bond acceptors (Lipinski definition) is 2. The van der Waals surface area contributed by atoms with Gasteiger partial charge in [0.15, 0.2) is 0 Å². The molecule has 2 nitrogen and oxygen atoms in total. The molecule has 16 heavy (non-hydrogen) atoms. The Morgan fingerprint density at radius 2 is 2.12 bits per heavy atom. The molecule has 1 aliphatic carbocycles. The predicted molar refractivity (Wildman–Crippen MR) is 64.3 cm³/mol. The predicted octanol–water partition coefficient (Wildman–Crippen LogP) is 3.34. The van der Waals surface area contributed by atoms with Gasteiger partial charge in [0.1, 0.15) is 5.78 Å². The molecule has 0 amide bonds. The van der Waals surface area contributed by atoms with Crippen molar-refractivity contribution in [3.8, 4) is 0 Å². The Kier molecular flexibility index (Phi) is 4.39. The Morgan fingerprint density at radius 1 is 1.25 bits per heavy atom. The van der Waals surface area contributed by atoms with E-state index in [1.807, 2.05) is 0 Å². The summed E-state index contributed by atoms with van der Waals surface area (Å²) in [7, 11) is 0. The number of hydrogen-bond donors (Lipinski definition) is 0. The van der Waals surface area contributed by atoms with Crippen LogP contribution < -0.4 is 0 Å². The van der Waals surface area contributed by atoms with E-state index in [1.165, 1.54) is 19.3 Å². The van der Waals surface area contributed by atoms with Crippen molar-refractivity contribution in [1.82, 2.24) is 0 Å². The van der Waals surface area contributed by atoms with Gasteiger partial charge >= 0.3 is 0 Å². The van der Waals surface area contributed by atoms with E-state index in [9.17, 15) is 4.79 Å². The Hall–Kier alpha value is -0.370. The lowest BCUT2D eigenvalue weighted by molar-refractivity contribution is -0.126. The SMILES string of the molecule is CCC1CCCC(C(=O)CC2CCCO2)C1. The molecule has 0 N–H and O–H groups in total. The molecule has 0 aromatic heterocycles. The second kappa shape index (κ2) is 5.81. The maximum absolute atomic E-state index is 12.1. The molecule has 1 saturated heterocycles. The van der Waals surface area contributed by atoms with Gasteiger partial charge < -0.3 is 4.74 Å². The van der Waals surface area contributed by atoms with Crippen LogP contribution in [0, 0.1) is 11.8 Å². The molecule has 2 fully saturated rings. The molecule has 0 bridgehead atoms. The van der Waals surface area contributed by atoms with Crippen molar-refractivity contribution in [3.05, 3.63) is 0 Å². The highest BCUT2D eigenvalue weighted by Crippen LogP contribution is 2.33. The Labute approximate surface area is 98.7 Å². The first-order chi connectivity index (χ1) is 7.79. The van der Waals surface area contributed by atoms with Crippen molar-refractivity contribution < 1.29 is 9.53 Å². The molecule has 1 saturated carbocycles. The normalized spacial score (nSPS) is 35.2. The average molecular weight is 224 g/mol. The third-order valence-electron chi connectivity index (χ3n) is 4.27. The van der Waals surface area contributed by atoms with Gasteiger partial charge in [-0.2, -0.15) is 0 Å². The molecule has 0 radical (unpaired) electrons. The second-order valence-corrected chi connectivity index (χ2v) is 5.44. The molecule has 0 aromatic carbocycles. The van der Waals surface area contributed by atoms with E-state index in [-0.39, 0.29) is 6.10 Å². The maximum atomic E-state index is 12.1. The minimum Gasteiger partial charge on any atom is -0.378 e. The summed E-state index contributed by atoms with van der Waals surface area (Å²) >= 11 is 0. The molecule has 1 aliphatic heterocycles. The van der Waals surface area contributed by atoms with E-state index in [1.54, 1.807) is 0 Å². The Morgan fingerprint density at radius 3 is 2.81 bits per heavy atom. The first-order valence-electron chi connectivity index (χ1n) is 6.94. The molecule has 0 aromatic rings. The fraction of sp³-hybridized carbons (Fsp3) is 0.929. The van der Waals surface area contributed by atoms with Crippen molar-refractivity contribution in [2.75, 3.05) is 6.61 Å². The van der Waals surface area contributed by atoms with Crippen molar-refractivity contribution in [2.45, 2.75) is 64.4 Å². The minimum absolute atomic E-state index is 0.245. The van der Waals surface area contributed by atoms with Crippen LogP contribution in [0.2, 0.25) is 0 Å². The van der Waals surface area contributed by atoms with E-state index < -0.39 is 0 Å². The smallest absolute Gasteiger partial charge is 0.138 e. The fourth-order valence-electron chi connectivity index (χ4n) is 3.15. The summed E-state index contributed by atoms with van der Waals surface area (Å²) in [6, 6.07) is 0. The van der Waals surface area contributed by atoms with Gasteiger partial charge in [-0.25, -0.2) is 0 Å². The van der Waals surface area contributed by atoms with Gasteiger partial charge in [0.05, 0.1) is 6.10 Å². The summed E-state index contributed by atoms with van der Waals surface area (Å²) in [6.07, 6.45) is 9.25. The zero-order chi connectivity index (χ0) is 11.4. The van der Waals surface area contributed by atoms with Crippen LogP contribution in [0.1, 0.15) is 58.3 Å². The zero-order valence-corrected chi connectivity index (χ0v) is 10.4. The molecule has 2 aliphatic rings. The highest BCUT2D eigenvalue weighted by molar-refractivity contribution is 5.81. The minimum atomic E-state index is 0.245. The Balaban J connectivity index is 1.79. The van der Waals surface area contributed by atoms with Gasteiger partial charge in [-0.05, 0) is 31.6 Å². The monoisotopic (exact) mass is 224 g/mol. The number of carbonyl (C=O) groups is 1. The van der Waals surface area contributed by atoms with Crippen LogP contribution in [0.15, 0.2) is 0 Å². The van der Waals surface area contributed by atoms with Gasteiger partial charge in [-0.15, -0.1) is 0 Å². The van der Waals surface area contributed by atoms with E-state index in [4.69, 9.17) is 4.74 Å². The van der Waals surface area contributed by atoms with Crippen molar-refractivity contribution in [2.24, 2.45) is 11.8 Å². The van der Waals surface area contributed by atoms with Gasteiger partial charge in [-0.1, -0.05) is 26.2 Å². The molecule has 3 atom stereocenters. The highest BCUT2D eigenvalue weighted by atomic mass is 16.5. The Bertz CT molecular complexity index is 231. The molecule has 92 valence electrons. The van der Waals surface area contributed by atoms with Crippen LogP contribution >= 0.6 is 0 Å². The van der Waals surface area contributed by atoms with Gasteiger partial charge in [0.2, 0.25) is 0 Å². The van der Waals surface area contributed by atoms with Crippen molar-refractivity contribution in [1.29, 1.82) is 0 Å². The highest BCUT2D eigenvalue weighted by Gasteiger charge is 2.28. The van der Waals surface area contributed by atoms with Crippen LogP contribution in [-0.4, -0.2) is 18.5 Å². The number of ether oxygens (including phenoxy) is 1. The molecule has 0 spiro atoms. The zero-order valence-electron chi connectivity index (χ0n) is 10.4. The summed E-state index contributed by atoms with van der Waals surface area (Å²) in [5.74, 6) is 1.63. The van der Waals surface area contributed by atoms with Crippen LogP contribution in [0.25, 0.3) is 0 Å². The third-order valence-corrected chi connectivity index (χ3v) is 4.27. The van der Waals surface area contributed by atoms with E-state index in [2.05, 4.69) is 6.92 Å². The van der Waals surface area contributed by atoms with E-state index >= 15 is 0 Å². The maximum Gasteiger partial charge on any atom is 0.138 e. The van der Waals surface area contributed by atoms with Crippen LogP contribution in [0.4, 0.5) is 0 Å². The van der Waals surface area contributed by atoms with Crippen molar-refractivity contribution >= 4 is 5.78 Å². The lowest BCUT2D eigenvalue weighted by atomic mass is 9.77. The molecule has 2 heteroatoms. The lowest BCUT2D eigenvalue weighted by Gasteiger charge is -2.28. The summed E-state index contributed by atoms with van der Waals surface area (Å²) in [5, 5.41) is 0. The quantitative estimate of drug-likeness (QED) is 0.732.